The molecule has 0 aromatic rings. The molecule has 6 atom stereocenters. The van der Waals surface area contributed by atoms with Gasteiger partial charge >= 0.3 is 0 Å². The molecular weight excluding hydrogens is 240 g/mol. The van der Waals surface area contributed by atoms with Crippen LogP contribution in [0.5, 0.6) is 0 Å². The molecule has 0 radical (unpaired) electrons. The van der Waals surface area contributed by atoms with Crippen molar-refractivity contribution in [3.05, 3.63) is 0 Å². The van der Waals surface area contributed by atoms with Gasteiger partial charge in [0.1, 0.15) is 0 Å². The molecule has 0 nitrogen and oxygen atoms in total. The van der Waals surface area contributed by atoms with Crippen molar-refractivity contribution in [2.75, 3.05) is 0 Å². The highest BCUT2D eigenvalue weighted by Crippen LogP contribution is 2.74. The third-order valence-corrected chi connectivity index (χ3v) is 5.68. The minimum Gasteiger partial charge on any atom is -0.0683 e. The number of rotatable bonds is 0. The lowest BCUT2D eigenvalue weighted by atomic mass is 9.31. The summed E-state index contributed by atoms with van der Waals surface area (Å²) in [7, 11) is 0. The van der Waals surface area contributed by atoms with Crippen LogP contribution in [0.1, 0.15) is 93.9 Å². The summed E-state index contributed by atoms with van der Waals surface area (Å²) < 4.78 is 0. The van der Waals surface area contributed by atoms with Gasteiger partial charge in [0.2, 0.25) is 0 Å². The number of hydrogen-bond donors (Lipinski definition) is 0. The molecule has 0 N–H and O–H groups in total. The molecule has 4 fully saturated rings. The van der Waals surface area contributed by atoms with Crippen molar-refractivity contribution in [2.24, 2.45) is 35.5 Å². The molecule has 4 saturated carbocycles. The van der Waals surface area contributed by atoms with E-state index < -0.39 is 0 Å². The SMILES string of the molecule is C1CCC2C(C1)C1C3CCC3C21.CC.CC.CC.CC. The van der Waals surface area contributed by atoms with E-state index in [2.05, 4.69) is 0 Å². The lowest BCUT2D eigenvalue weighted by molar-refractivity contribution is -0.259. The van der Waals surface area contributed by atoms with Crippen molar-refractivity contribution < 1.29 is 0 Å². The average Bonchev–Trinajstić information content (AvgIpc) is 2.56. The molecule has 0 bridgehead atoms. The lowest BCUT2D eigenvalue weighted by Gasteiger charge is -2.74. The quantitative estimate of drug-likeness (QED) is 0.441. The van der Waals surface area contributed by atoms with Crippen LogP contribution in [0.2, 0.25) is 0 Å². The second-order valence-electron chi connectivity index (χ2n) is 5.67. The standard InChI is InChI=1S/C12H18.4C2H6/c1-2-4-8-7(3-1)11-9-5-6-10(9)12(8)11;4*1-2/h7-12H,1-6H2;4*1-2H3. The van der Waals surface area contributed by atoms with E-state index in [1.807, 2.05) is 55.4 Å². The largest absolute Gasteiger partial charge is 0.0683 e. The van der Waals surface area contributed by atoms with Crippen LogP contribution < -0.4 is 0 Å². The molecule has 0 spiro atoms. The predicted octanol–water partition coefficient (Wildman–Crippen LogP) is 7.18. The highest BCUT2D eigenvalue weighted by Gasteiger charge is 2.68. The van der Waals surface area contributed by atoms with Crippen LogP contribution in [0.15, 0.2) is 0 Å². The molecule has 4 aliphatic rings. The fourth-order valence-corrected chi connectivity index (χ4v) is 5.14. The second kappa shape index (κ2) is 10.7. The van der Waals surface area contributed by atoms with Gasteiger partial charge in [-0.1, -0.05) is 68.2 Å². The first-order valence-electron chi connectivity index (χ1n) is 9.97. The van der Waals surface area contributed by atoms with Gasteiger partial charge in [-0.25, -0.2) is 0 Å². The van der Waals surface area contributed by atoms with Gasteiger partial charge in [-0.2, -0.15) is 0 Å². The zero-order valence-corrected chi connectivity index (χ0v) is 15.7. The summed E-state index contributed by atoms with van der Waals surface area (Å²) in [5.74, 6) is 7.46. The molecule has 0 saturated heterocycles. The highest BCUT2D eigenvalue weighted by molar-refractivity contribution is 5.16. The van der Waals surface area contributed by atoms with E-state index in [9.17, 15) is 0 Å². The monoisotopic (exact) mass is 282 g/mol. The van der Waals surface area contributed by atoms with Gasteiger partial charge in [-0.05, 0) is 61.2 Å². The van der Waals surface area contributed by atoms with E-state index in [1.165, 1.54) is 35.5 Å². The van der Waals surface area contributed by atoms with E-state index >= 15 is 0 Å². The van der Waals surface area contributed by atoms with Gasteiger partial charge in [0.15, 0.2) is 0 Å². The lowest BCUT2D eigenvalue weighted by Crippen LogP contribution is -2.68. The van der Waals surface area contributed by atoms with E-state index in [4.69, 9.17) is 0 Å². The van der Waals surface area contributed by atoms with Gasteiger partial charge in [-0.3, -0.25) is 0 Å². The Balaban J connectivity index is 0.000000398. The van der Waals surface area contributed by atoms with E-state index in [-0.39, 0.29) is 0 Å². The molecule has 20 heavy (non-hydrogen) atoms. The van der Waals surface area contributed by atoms with Gasteiger partial charge in [0.25, 0.3) is 0 Å². The Morgan fingerprint density at radius 2 is 0.650 bits per heavy atom. The minimum absolute atomic E-state index is 1.23. The maximum Gasteiger partial charge on any atom is -0.0318 e. The highest BCUT2D eigenvalue weighted by atomic mass is 14.7. The summed E-state index contributed by atoms with van der Waals surface area (Å²) >= 11 is 0. The molecule has 0 heterocycles. The summed E-state index contributed by atoms with van der Waals surface area (Å²) in [6, 6.07) is 0. The first-order valence-corrected chi connectivity index (χ1v) is 9.97. The first-order chi connectivity index (χ1) is 9.97. The molecule has 0 aromatic heterocycles. The molecule has 4 rings (SSSR count). The molecule has 6 unspecified atom stereocenters. The van der Waals surface area contributed by atoms with Crippen LogP contribution in [0.3, 0.4) is 0 Å². The van der Waals surface area contributed by atoms with E-state index in [0.29, 0.717) is 0 Å². The fourth-order valence-electron chi connectivity index (χ4n) is 5.14. The normalized spacial score (nSPS) is 40.8. The van der Waals surface area contributed by atoms with Crippen molar-refractivity contribution in [3.63, 3.8) is 0 Å². The zero-order valence-electron chi connectivity index (χ0n) is 15.7. The summed E-state index contributed by atoms with van der Waals surface area (Å²) in [5.41, 5.74) is 0. The summed E-state index contributed by atoms with van der Waals surface area (Å²) in [5, 5.41) is 0. The molecule has 0 aromatic carbocycles. The second-order valence-corrected chi connectivity index (χ2v) is 5.67. The Bertz CT molecular complexity index is 184. The van der Waals surface area contributed by atoms with E-state index in [0.717, 1.165) is 0 Å². The summed E-state index contributed by atoms with van der Waals surface area (Å²) in [6.45, 7) is 16.0. The molecule has 0 aliphatic heterocycles. The molecule has 0 heteroatoms. The van der Waals surface area contributed by atoms with Gasteiger partial charge in [0, 0.05) is 0 Å². The number of fused-ring (bicyclic) bond motifs is 7. The molecule has 0 amide bonds. The van der Waals surface area contributed by atoms with Crippen LogP contribution in [0, 0.1) is 35.5 Å². The molecule has 122 valence electrons. The molecule has 4 aliphatic carbocycles. The smallest absolute Gasteiger partial charge is 0.0318 e. The average molecular weight is 283 g/mol. The van der Waals surface area contributed by atoms with Crippen LogP contribution in [-0.2, 0) is 0 Å². The Hall–Kier alpha value is 0. The summed E-state index contributed by atoms with van der Waals surface area (Å²) in [4.78, 5) is 0. The summed E-state index contributed by atoms with van der Waals surface area (Å²) in [6.07, 6.45) is 9.54. The van der Waals surface area contributed by atoms with E-state index in [1.54, 1.807) is 38.5 Å². The van der Waals surface area contributed by atoms with Gasteiger partial charge < -0.3 is 0 Å². The van der Waals surface area contributed by atoms with Crippen LogP contribution in [0.4, 0.5) is 0 Å². The minimum atomic E-state index is 1.23. The van der Waals surface area contributed by atoms with Crippen molar-refractivity contribution in [1.29, 1.82) is 0 Å². The Morgan fingerprint density at radius 3 is 0.900 bits per heavy atom. The van der Waals surface area contributed by atoms with Crippen LogP contribution >= 0.6 is 0 Å². The fraction of sp³-hybridized carbons (Fsp3) is 1.00. The van der Waals surface area contributed by atoms with Crippen molar-refractivity contribution in [2.45, 2.75) is 93.9 Å². The number of hydrogen-bond acceptors (Lipinski definition) is 0. The predicted molar refractivity (Wildman–Crippen MR) is 94.0 cm³/mol. The Morgan fingerprint density at radius 1 is 0.400 bits per heavy atom. The third-order valence-electron chi connectivity index (χ3n) is 5.68. The van der Waals surface area contributed by atoms with Crippen molar-refractivity contribution in [1.82, 2.24) is 0 Å². The zero-order chi connectivity index (χ0) is 15.7. The topological polar surface area (TPSA) is 0 Å². The van der Waals surface area contributed by atoms with Gasteiger partial charge in [-0.15, -0.1) is 0 Å². The van der Waals surface area contributed by atoms with Crippen molar-refractivity contribution >= 4 is 0 Å². The maximum absolute atomic E-state index is 2.00. The Kier molecular flexibility index (Phi) is 10.7. The van der Waals surface area contributed by atoms with Crippen molar-refractivity contribution in [3.8, 4) is 0 Å². The van der Waals surface area contributed by atoms with Gasteiger partial charge in [0.05, 0.1) is 0 Å². The first kappa shape index (κ1) is 20.0. The maximum atomic E-state index is 2.00. The Labute approximate surface area is 130 Å². The van der Waals surface area contributed by atoms with Crippen LogP contribution in [-0.4, -0.2) is 0 Å². The molecular formula is C20H42. The third kappa shape index (κ3) is 3.25. The van der Waals surface area contributed by atoms with Crippen LogP contribution in [0.25, 0.3) is 0 Å².